The number of likely N-dealkylation sites (tertiary alicyclic amines) is 1. The number of hydrogen-bond acceptors (Lipinski definition) is 8. The fraction of sp³-hybridized carbons (Fsp3) is 0.652. The molecule has 32 heavy (non-hydrogen) atoms. The first-order valence-corrected chi connectivity index (χ1v) is 11.6. The molecule has 2 unspecified atom stereocenters. The zero-order valence-corrected chi connectivity index (χ0v) is 18.1. The lowest BCUT2D eigenvalue weighted by Crippen LogP contribution is -2.62. The number of halogens is 1. The molecule has 172 valence electrons. The number of rotatable bonds is 5. The van der Waals surface area contributed by atoms with Crippen molar-refractivity contribution in [3.63, 3.8) is 0 Å². The molecule has 0 aliphatic carbocycles. The van der Waals surface area contributed by atoms with Crippen molar-refractivity contribution in [1.29, 1.82) is 0 Å². The second-order valence-electron chi connectivity index (χ2n) is 9.53. The first kappa shape index (κ1) is 20.4. The highest BCUT2D eigenvalue weighted by atomic mass is 19.1. The van der Waals surface area contributed by atoms with Gasteiger partial charge in [-0.1, -0.05) is 5.10 Å². The number of aromatic nitrogens is 2. The largest absolute Gasteiger partial charge is 0.488 e. The predicted octanol–water partition coefficient (Wildman–Crippen LogP) is 2.60. The first-order valence-electron chi connectivity index (χ1n) is 11.6. The lowest BCUT2D eigenvalue weighted by atomic mass is 9.86. The minimum Gasteiger partial charge on any atom is -0.488 e. The van der Waals surface area contributed by atoms with Crippen molar-refractivity contribution in [2.75, 3.05) is 50.9 Å². The summed E-state index contributed by atoms with van der Waals surface area (Å²) in [4.78, 5) is 4.62. The molecule has 0 radical (unpaired) electrons. The third kappa shape index (κ3) is 3.86. The standard InChI is InChI=1S/C23H29FN4O4/c24-17-1-2-21(32-19-5-8-29-12-19)20(9-17)16-3-6-27(7-4-16)18-10-23(31-11-18)13-28(14-23)22-26-25-15-30-22/h1-2,9,15-16,18-19H,3-8,10-14H2. The van der Waals surface area contributed by atoms with Gasteiger partial charge in [0.1, 0.15) is 23.3 Å². The summed E-state index contributed by atoms with van der Waals surface area (Å²) < 4.78 is 37.2. The van der Waals surface area contributed by atoms with Crippen LogP contribution in [0.1, 0.15) is 37.2 Å². The molecule has 1 spiro atoms. The molecule has 4 aliphatic rings. The molecule has 0 bridgehead atoms. The summed E-state index contributed by atoms with van der Waals surface area (Å²) in [6.07, 6.45) is 5.35. The van der Waals surface area contributed by atoms with Crippen molar-refractivity contribution in [3.8, 4) is 5.75 Å². The molecule has 4 fully saturated rings. The molecular weight excluding hydrogens is 415 g/mol. The summed E-state index contributed by atoms with van der Waals surface area (Å²) in [5, 5.41) is 7.74. The normalized spacial score (nSPS) is 28.3. The van der Waals surface area contributed by atoms with E-state index >= 15 is 0 Å². The zero-order chi connectivity index (χ0) is 21.5. The molecule has 4 aliphatic heterocycles. The van der Waals surface area contributed by atoms with Crippen LogP contribution in [0.15, 0.2) is 29.0 Å². The third-order valence-electron chi connectivity index (χ3n) is 7.41. The molecule has 1 aromatic carbocycles. The molecule has 2 atom stereocenters. The predicted molar refractivity (Wildman–Crippen MR) is 113 cm³/mol. The van der Waals surface area contributed by atoms with E-state index in [2.05, 4.69) is 20.0 Å². The highest BCUT2D eigenvalue weighted by Crippen LogP contribution is 2.41. The Morgan fingerprint density at radius 1 is 1.12 bits per heavy atom. The smallest absolute Gasteiger partial charge is 0.318 e. The van der Waals surface area contributed by atoms with Crippen LogP contribution in [0.2, 0.25) is 0 Å². The molecule has 6 rings (SSSR count). The van der Waals surface area contributed by atoms with Crippen molar-refractivity contribution < 1.29 is 23.0 Å². The molecule has 8 nitrogen and oxygen atoms in total. The van der Waals surface area contributed by atoms with Gasteiger partial charge in [0.2, 0.25) is 6.39 Å². The van der Waals surface area contributed by atoms with Gasteiger partial charge in [-0.2, -0.15) is 0 Å². The van der Waals surface area contributed by atoms with Crippen molar-refractivity contribution in [1.82, 2.24) is 15.1 Å². The van der Waals surface area contributed by atoms with Crippen LogP contribution < -0.4 is 9.64 Å². The van der Waals surface area contributed by atoms with Crippen LogP contribution >= 0.6 is 0 Å². The Kier molecular flexibility index (Phi) is 5.27. The average molecular weight is 445 g/mol. The molecular formula is C23H29FN4O4. The topological polar surface area (TPSA) is 73.1 Å². The summed E-state index contributed by atoms with van der Waals surface area (Å²) in [6.45, 7) is 5.70. The van der Waals surface area contributed by atoms with Gasteiger partial charge in [0.25, 0.3) is 0 Å². The Hall–Kier alpha value is -2.23. The summed E-state index contributed by atoms with van der Waals surface area (Å²) in [7, 11) is 0. The molecule has 5 heterocycles. The minimum atomic E-state index is -0.195. The second-order valence-corrected chi connectivity index (χ2v) is 9.53. The van der Waals surface area contributed by atoms with Crippen LogP contribution in [-0.2, 0) is 9.47 Å². The van der Waals surface area contributed by atoms with E-state index in [1.165, 1.54) is 12.5 Å². The van der Waals surface area contributed by atoms with Gasteiger partial charge in [-0.05, 0) is 56.5 Å². The quantitative estimate of drug-likeness (QED) is 0.697. The summed E-state index contributed by atoms with van der Waals surface area (Å²) in [5.74, 6) is 0.936. The van der Waals surface area contributed by atoms with Crippen LogP contribution in [0.25, 0.3) is 0 Å². The maximum absolute atomic E-state index is 14.1. The molecule has 9 heteroatoms. The van der Waals surface area contributed by atoms with Gasteiger partial charge in [0.05, 0.1) is 32.9 Å². The third-order valence-corrected chi connectivity index (χ3v) is 7.41. The van der Waals surface area contributed by atoms with Crippen molar-refractivity contribution in [3.05, 3.63) is 36.0 Å². The molecule has 0 saturated carbocycles. The molecule has 0 N–H and O–H groups in total. The van der Waals surface area contributed by atoms with E-state index in [1.807, 2.05) is 0 Å². The Bertz CT molecular complexity index is 922. The van der Waals surface area contributed by atoms with E-state index in [0.29, 0.717) is 24.6 Å². The molecule has 2 aromatic rings. The first-order chi connectivity index (χ1) is 15.7. The Labute approximate surface area is 186 Å². The fourth-order valence-corrected chi connectivity index (χ4v) is 5.67. The highest BCUT2D eigenvalue weighted by Gasteiger charge is 2.52. The summed E-state index contributed by atoms with van der Waals surface area (Å²) in [6, 6.07) is 5.95. The van der Waals surface area contributed by atoms with E-state index in [0.717, 1.165) is 76.4 Å². The van der Waals surface area contributed by atoms with Crippen LogP contribution in [0.5, 0.6) is 5.75 Å². The number of anilines is 1. The van der Waals surface area contributed by atoms with Crippen molar-refractivity contribution >= 4 is 6.01 Å². The van der Waals surface area contributed by atoms with Gasteiger partial charge < -0.3 is 23.5 Å². The average Bonchev–Trinajstić information content (AvgIpc) is 3.55. The molecule has 4 saturated heterocycles. The van der Waals surface area contributed by atoms with Gasteiger partial charge in [-0.15, -0.1) is 5.10 Å². The monoisotopic (exact) mass is 444 g/mol. The van der Waals surface area contributed by atoms with E-state index in [9.17, 15) is 4.39 Å². The van der Waals surface area contributed by atoms with Gasteiger partial charge in [0, 0.05) is 18.0 Å². The van der Waals surface area contributed by atoms with Crippen LogP contribution in [0.3, 0.4) is 0 Å². The SMILES string of the molecule is Fc1ccc(OC2CCOC2)c(C2CCN(C3COC4(C3)CN(c3nnco3)C4)CC2)c1. The maximum atomic E-state index is 14.1. The summed E-state index contributed by atoms with van der Waals surface area (Å²) in [5.41, 5.74) is 0.910. The second kappa shape index (κ2) is 8.28. The Morgan fingerprint density at radius 3 is 2.75 bits per heavy atom. The molecule has 1 aromatic heterocycles. The van der Waals surface area contributed by atoms with Gasteiger partial charge in [-0.3, -0.25) is 4.90 Å². The summed E-state index contributed by atoms with van der Waals surface area (Å²) >= 11 is 0. The van der Waals surface area contributed by atoms with E-state index in [-0.39, 0.29) is 17.5 Å². The van der Waals surface area contributed by atoms with Gasteiger partial charge in [0.15, 0.2) is 0 Å². The van der Waals surface area contributed by atoms with Crippen molar-refractivity contribution in [2.24, 2.45) is 0 Å². The van der Waals surface area contributed by atoms with Crippen LogP contribution in [0, 0.1) is 5.82 Å². The Morgan fingerprint density at radius 2 is 2.00 bits per heavy atom. The van der Waals surface area contributed by atoms with Crippen LogP contribution in [-0.4, -0.2) is 78.8 Å². The van der Waals surface area contributed by atoms with Crippen molar-refractivity contribution in [2.45, 2.75) is 49.3 Å². The minimum absolute atomic E-state index is 0.0697. The fourth-order valence-electron chi connectivity index (χ4n) is 5.67. The number of ether oxygens (including phenoxy) is 3. The number of hydrogen-bond donors (Lipinski definition) is 0. The lowest BCUT2D eigenvalue weighted by molar-refractivity contribution is -0.0216. The van der Waals surface area contributed by atoms with E-state index in [4.69, 9.17) is 18.6 Å². The van der Waals surface area contributed by atoms with E-state index < -0.39 is 0 Å². The van der Waals surface area contributed by atoms with Crippen LogP contribution in [0.4, 0.5) is 10.4 Å². The zero-order valence-electron chi connectivity index (χ0n) is 18.1. The van der Waals surface area contributed by atoms with Gasteiger partial charge in [-0.25, -0.2) is 4.39 Å². The number of piperidine rings is 1. The lowest BCUT2D eigenvalue weighted by Gasteiger charge is -2.46. The molecule has 0 amide bonds. The van der Waals surface area contributed by atoms with Gasteiger partial charge >= 0.3 is 6.01 Å². The number of benzene rings is 1. The van der Waals surface area contributed by atoms with E-state index in [1.54, 1.807) is 12.1 Å². The Balaban J connectivity index is 1.05. The highest BCUT2D eigenvalue weighted by molar-refractivity contribution is 5.38. The maximum Gasteiger partial charge on any atom is 0.318 e. The number of nitrogens with zero attached hydrogens (tertiary/aromatic N) is 4.